The fraction of sp³-hybridized carbons (Fsp3) is 0.611. The second kappa shape index (κ2) is 11.2. The number of unbranched alkanes of at least 4 members (excludes halogenated alkanes) is 4. The van der Waals surface area contributed by atoms with Gasteiger partial charge in [0.1, 0.15) is 5.75 Å². The van der Waals surface area contributed by atoms with Crippen molar-refractivity contribution in [1.29, 1.82) is 0 Å². The van der Waals surface area contributed by atoms with Gasteiger partial charge in [0.05, 0.1) is 6.61 Å². The smallest absolute Gasteiger partial charge is 0.119 e. The third kappa shape index (κ3) is 8.63. The van der Waals surface area contributed by atoms with Crippen molar-refractivity contribution in [3.05, 3.63) is 36.8 Å². The zero-order chi connectivity index (χ0) is 14.6. The first-order chi connectivity index (χ1) is 9.72. The van der Waals surface area contributed by atoms with Gasteiger partial charge in [0.25, 0.3) is 0 Å². The maximum atomic E-state index is 5.76. The number of halogens is 1. The van der Waals surface area contributed by atoms with Gasteiger partial charge in [-0.15, -0.1) is 0 Å². The molecule has 1 aromatic carbocycles. The van der Waals surface area contributed by atoms with Crippen LogP contribution in [0.2, 0.25) is 0 Å². The molecule has 1 rings (SSSR count). The van der Waals surface area contributed by atoms with E-state index in [4.69, 9.17) is 4.74 Å². The lowest BCUT2D eigenvalue weighted by molar-refractivity contribution is 0.305. The molecule has 0 aliphatic carbocycles. The number of alkyl halides is 1. The first-order valence-electron chi connectivity index (χ1n) is 7.87. The molecule has 2 heteroatoms. The van der Waals surface area contributed by atoms with E-state index in [0.29, 0.717) is 4.83 Å². The predicted molar refractivity (Wildman–Crippen MR) is 91.7 cm³/mol. The molecular formula is C18H28BrO. The van der Waals surface area contributed by atoms with Crippen LogP contribution in [-0.4, -0.2) is 11.4 Å². The largest absolute Gasteiger partial charge is 0.494 e. The second-order valence-electron chi connectivity index (χ2n) is 5.43. The van der Waals surface area contributed by atoms with Crippen LogP contribution in [0.5, 0.6) is 5.75 Å². The molecule has 1 aromatic rings. The van der Waals surface area contributed by atoms with Gasteiger partial charge in [0, 0.05) is 4.83 Å². The van der Waals surface area contributed by atoms with E-state index < -0.39 is 0 Å². The van der Waals surface area contributed by atoms with E-state index in [2.05, 4.69) is 54.0 Å². The molecule has 0 heterocycles. The summed E-state index contributed by atoms with van der Waals surface area (Å²) in [7, 11) is 0. The van der Waals surface area contributed by atoms with E-state index in [-0.39, 0.29) is 0 Å². The molecule has 0 aromatic heterocycles. The first kappa shape index (κ1) is 17.6. The van der Waals surface area contributed by atoms with Crippen molar-refractivity contribution in [2.24, 2.45) is 0 Å². The second-order valence-corrected chi connectivity index (χ2v) is 7.00. The van der Waals surface area contributed by atoms with Crippen LogP contribution >= 0.6 is 15.9 Å². The van der Waals surface area contributed by atoms with Crippen molar-refractivity contribution in [2.75, 3.05) is 6.61 Å². The molecule has 1 radical (unpaired) electrons. The Kier molecular flexibility index (Phi) is 9.82. The maximum absolute atomic E-state index is 5.76. The average Bonchev–Trinajstić information content (AvgIpc) is 2.44. The molecule has 1 unspecified atom stereocenters. The minimum atomic E-state index is 0.616. The molecular weight excluding hydrogens is 312 g/mol. The summed E-state index contributed by atoms with van der Waals surface area (Å²) >= 11 is 3.57. The van der Waals surface area contributed by atoms with Crippen LogP contribution in [0, 0.1) is 6.92 Å². The number of rotatable bonds is 11. The van der Waals surface area contributed by atoms with Gasteiger partial charge in [-0.25, -0.2) is 0 Å². The van der Waals surface area contributed by atoms with Gasteiger partial charge in [-0.3, -0.25) is 0 Å². The Hall–Kier alpha value is -0.500. The normalized spacial score (nSPS) is 12.3. The third-order valence-corrected chi connectivity index (χ3v) is 3.86. The molecule has 0 amide bonds. The van der Waals surface area contributed by atoms with Gasteiger partial charge in [-0.05, 0) is 49.8 Å². The summed E-state index contributed by atoms with van der Waals surface area (Å²) < 4.78 is 5.76. The number of hydrogen-bond acceptors (Lipinski definition) is 1. The van der Waals surface area contributed by atoms with Gasteiger partial charge in [0.2, 0.25) is 0 Å². The van der Waals surface area contributed by atoms with Gasteiger partial charge in [-0.2, -0.15) is 0 Å². The van der Waals surface area contributed by atoms with Crippen molar-refractivity contribution in [3.8, 4) is 5.75 Å². The van der Waals surface area contributed by atoms with Crippen molar-refractivity contribution in [2.45, 2.75) is 63.1 Å². The lowest BCUT2D eigenvalue weighted by Crippen LogP contribution is -1.99. The SMILES string of the molecule is [CH2]CCCCCc1ccc(OCCCCC(C)Br)cc1. The van der Waals surface area contributed by atoms with E-state index in [1.807, 2.05) is 0 Å². The highest BCUT2D eigenvalue weighted by molar-refractivity contribution is 9.09. The zero-order valence-corrected chi connectivity index (χ0v) is 14.3. The average molecular weight is 340 g/mol. The minimum Gasteiger partial charge on any atom is -0.494 e. The fourth-order valence-electron chi connectivity index (χ4n) is 2.15. The van der Waals surface area contributed by atoms with Gasteiger partial charge >= 0.3 is 0 Å². The van der Waals surface area contributed by atoms with Crippen molar-refractivity contribution < 1.29 is 4.74 Å². The molecule has 0 saturated heterocycles. The van der Waals surface area contributed by atoms with Crippen LogP contribution in [-0.2, 0) is 6.42 Å². The molecule has 0 N–H and O–H groups in total. The summed E-state index contributed by atoms with van der Waals surface area (Å²) in [5.41, 5.74) is 1.41. The van der Waals surface area contributed by atoms with E-state index >= 15 is 0 Å². The Morgan fingerprint density at radius 2 is 1.80 bits per heavy atom. The summed E-state index contributed by atoms with van der Waals surface area (Å²) in [6.45, 7) is 6.89. The Balaban J connectivity index is 2.15. The lowest BCUT2D eigenvalue weighted by atomic mass is 10.1. The highest BCUT2D eigenvalue weighted by Gasteiger charge is 1.98. The van der Waals surface area contributed by atoms with Crippen molar-refractivity contribution in [3.63, 3.8) is 0 Å². The van der Waals surface area contributed by atoms with Crippen molar-refractivity contribution >= 4 is 15.9 Å². The van der Waals surface area contributed by atoms with Crippen LogP contribution in [0.25, 0.3) is 0 Å². The number of ether oxygens (including phenoxy) is 1. The highest BCUT2D eigenvalue weighted by Crippen LogP contribution is 2.15. The summed E-state index contributed by atoms with van der Waals surface area (Å²) in [4.78, 5) is 0.616. The molecule has 20 heavy (non-hydrogen) atoms. The van der Waals surface area contributed by atoms with Crippen LogP contribution in [0.4, 0.5) is 0 Å². The molecule has 0 fully saturated rings. The van der Waals surface area contributed by atoms with Crippen molar-refractivity contribution in [1.82, 2.24) is 0 Å². The molecule has 0 aliphatic rings. The van der Waals surface area contributed by atoms with Crippen LogP contribution in [0.15, 0.2) is 24.3 Å². The predicted octanol–water partition coefficient (Wildman–Crippen LogP) is 5.96. The van der Waals surface area contributed by atoms with Crippen LogP contribution < -0.4 is 4.74 Å². The number of benzene rings is 1. The van der Waals surface area contributed by atoms with Gasteiger partial charge in [0.15, 0.2) is 0 Å². The number of hydrogen-bond donors (Lipinski definition) is 0. The van der Waals surface area contributed by atoms with E-state index in [1.54, 1.807) is 0 Å². The molecule has 1 nitrogen and oxygen atoms in total. The Morgan fingerprint density at radius 3 is 2.45 bits per heavy atom. The first-order valence-corrected chi connectivity index (χ1v) is 8.79. The van der Waals surface area contributed by atoms with Crippen LogP contribution in [0.1, 0.15) is 57.4 Å². The number of aryl methyl sites for hydroxylation is 1. The van der Waals surface area contributed by atoms with Gasteiger partial charge in [-0.1, -0.05) is 61.2 Å². The molecule has 0 saturated carbocycles. The standard InChI is InChI=1S/C18H28BrO/c1-3-4-5-6-10-17-11-13-18(14-12-17)20-15-8-7-9-16(2)19/h11-14,16H,1,3-10,15H2,2H3. The van der Waals surface area contributed by atoms with Gasteiger partial charge < -0.3 is 4.74 Å². The summed E-state index contributed by atoms with van der Waals surface area (Å²) in [6, 6.07) is 8.59. The molecule has 1 atom stereocenters. The quantitative estimate of drug-likeness (QED) is 0.357. The molecule has 0 bridgehead atoms. The Labute approximate surface area is 133 Å². The third-order valence-electron chi connectivity index (χ3n) is 3.40. The minimum absolute atomic E-state index is 0.616. The van der Waals surface area contributed by atoms with E-state index in [0.717, 1.165) is 25.2 Å². The topological polar surface area (TPSA) is 9.23 Å². The Morgan fingerprint density at radius 1 is 1.05 bits per heavy atom. The molecule has 0 spiro atoms. The fourth-order valence-corrected chi connectivity index (χ4v) is 2.48. The zero-order valence-electron chi connectivity index (χ0n) is 12.7. The van der Waals surface area contributed by atoms with E-state index in [1.165, 1.54) is 44.1 Å². The highest BCUT2D eigenvalue weighted by atomic mass is 79.9. The van der Waals surface area contributed by atoms with E-state index in [9.17, 15) is 0 Å². The molecule has 113 valence electrons. The summed E-state index contributed by atoms with van der Waals surface area (Å²) in [5.74, 6) is 0.999. The van der Waals surface area contributed by atoms with Crippen LogP contribution in [0.3, 0.4) is 0 Å². The maximum Gasteiger partial charge on any atom is 0.119 e. The molecule has 0 aliphatic heterocycles. The summed E-state index contributed by atoms with van der Waals surface area (Å²) in [5, 5.41) is 0. The summed E-state index contributed by atoms with van der Waals surface area (Å²) in [6.07, 6.45) is 9.58. The lowest BCUT2D eigenvalue weighted by Gasteiger charge is -2.08. The monoisotopic (exact) mass is 339 g/mol. The Bertz CT molecular complexity index is 332.